The van der Waals surface area contributed by atoms with E-state index in [9.17, 15) is 26.3 Å². The van der Waals surface area contributed by atoms with Gasteiger partial charge in [-0.05, 0) is 49.9 Å². The lowest BCUT2D eigenvalue weighted by molar-refractivity contribution is -0.193. The predicted octanol–water partition coefficient (Wildman–Crippen LogP) is 4.04. The molecule has 14 heteroatoms. The maximum Gasteiger partial charge on any atom is 0.490 e. The molecule has 1 aromatic rings. The molecular weight excluding hydrogens is 502 g/mol. The average Bonchev–Trinajstić information content (AvgIpc) is 3.13. The van der Waals surface area contributed by atoms with Crippen molar-refractivity contribution >= 4 is 11.9 Å². The highest BCUT2D eigenvalue weighted by Crippen LogP contribution is 2.39. The molecule has 0 bridgehead atoms. The Morgan fingerprint density at radius 1 is 1.06 bits per heavy atom. The quantitative estimate of drug-likeness (QED) is 0.562. The number of carboxylic acid groups (broad SMARTS) is 2. The van der Waals surface area contributed by atoms with Crippen molar-refractivity contribution < 1.29 is 55.6 Å². The van der Waals surface area contributed by atoms with Gasteiger partial charge in [-0.3, -0.25) is 9.88 Å². The van der Waals surface area contributed by atoms with E-state index in [0.717, 1.165) is 25.6 Å². The number of carboxylic acids is 2. The average molecular weight is 530 g/mol. The first-order valence-electron chi connectivity index (χ1n) is 11.2. The van der Waals surface area contributed by atoms with Crippen LogP contribution in [0, 0.1) is 0 Å². The standard InChI is InChI=1S/C18H26N2O2.2C2HF3O2/c1-3-16(4-1)20-10-2-7-18(14-20)11-17(13-22-18)21-12-15-5-8-19-9-6-15;2*3-2(4,5)1(6)7/h5-6,8-9,16-17H,1-4,7,10-14H2;2*(H,6,7)/t17-,18+;;/m1../s1. The number of hydrogen-bond acceptors (Lipinski definition) is 6. The minimum atomic E-state index is -5.08. The van der Waals surface area contributed by atoms with E-state index in [1.54, 1.807) is 0 Å². The van der Waals surface area contributed by atoms with Gasteiger partial charge in [0.15, 0.2) is 0 Å². The molecule has 8 nitrogen and oxygen atoms in total. The number of nitrogens with zero attached hydrogens (tertiary/aromatic N) is 2. The summed E-state index contributed by atoms with van der Waals surface area (Å²) < 4.78 is 75.8. The lowest BCUT2D eigenvalue weighted by Crippen LogP contribution is -2.53. The molecule has 3 fully saturated rings. The number of aliphatic carboxylic acids is 2. The molecule has 0 radical (unpaired) electrons. The van der Waals surface area contributed by atoms with E-state index in [-0.39, 0.29) is 11.7 Å². The second-order valence-electron chi connectivity index (χ2n) is 8.75. The monoisotopic (exact) mass is 530 g/mol. The summed E-state index contributed by atoms with van der Waals surface area (Å²) in [6, 6.07) is 4.87. The summed E-state index contributed by atoms with van der Waals surface area (Å²) in [5, 5.41) is 14.2. The van der Waals surface area contributed by atoms with Gasteiger partial charge in [-0.1, -0.05) is 6.42 Å². The lowest BCUT2D eigenvalue weighted by atomic mass is 9.84. The molecule has 2 N–H and O–H groups in total. The SMILES string of the molecule is O=C(O)C(F)(F)F.O=C(O)C(F)(F)F.c1cc(CO[C@H]2CO[C@@]3(CCCN(C4CCC4)C3)C2)ccn1. The Balaban J connectivity index is 0.000000271. The largest absolute Gasteiger partial charge is 0.490 e. The number of halogens is 6. The number of alkyl halides is 6. The zero-order valence-electron chi connectivity index (χ0n) is 19.2. The third-order valence-corrected chi connectivity index (χ3v) is 6.06. The smallest absolute Gasteiger partial charge is 0.475 e. The van der Waals surface area contributed by atoms with Crippen LogP contribution in [-0.2, 0) is 25.7 Å². The van der Waals surface area contributed by atoms with Crippen molar-refractivity contribution in [1.29, 1.82) is 0 Å². The van der Waals surface area contributed by atoms with Crippen LogP contribution in [0.5, 0.6) is 0 Å². The summed E-state index contributed by atoms with van der Waals surface area (Å²) >= 11 is 0. The van der Waals surface area contributed by atoms with Crippen molar-refractivity contribution in [3.63, 3.8) is 0 Å². The van der Waals surface area contributed by atoms with Gasteiger partial charge in [-0.15, -0.1) is 0 Å². The van der Waals surface area contributed by atoms with Crippen LogP contribution in [0.4, 0.5) is 26.3 Å². The highest BCUT2D eigenvalue weighted by atomic mass is 19.4. The molecule has 0 amide bonds. The van der Waals surface area contributed by atoms with Crippen LogP contribution in [0.2, 0.25) is 0 Å². The molecule has 2 saturated heterocycles. The van der Waals surface area contributed by atoms with E-state index < -0.39 is 24.3 Å². The summed E-state index contributed by atoms with van der Waals surface area (Å²) in [4.78, 5) is 24.5. The van der Waals surface area contributed by atoms with E-state index >= 15 is 0 Å². The number of ether oxygens (including phenoxy) is 2. The summed E-state index contributed by atoms with van der Waals surface area (Å²) in [5.41, 5.74) is 1.26. The molecule has 2 aliphatic heterocycles. The van der Waals surface area contributed by atoms with Crippen molar-refractivity contribution in [3.05, 3.63) is 30.1 Å². The number of pyridine rings is 1. The number of hydrogen-bond donors (Lipinski definition) is 2. The molecule has 2 atom stereocenters. The van der Waals surface area contributed by atoms with Gasteiger partial charge in [0.05, 0.1) is 24.9 Å². The van der Waals surface area contributed by atoms with Gasteiger partial charge in [0, 0.05) is 31.4 Å². The van der Waals surface area contributed by atoms with Gasteiger partial charge in [-0.25, -0.2) is 9.59 Å². The zero-order valence-corrected chi connectivity index (χ0v) is 19.2. The Labute approximate surface area is 203 Å². The molecule has 0 unspecified atom stereocenters. The Morgan fingerprint density at radius 2 is 1.61 bits per heavy atom. The minimum Gasteiger partial charge on any atom is -0.475 e. The summed E-state index contributed by atoms with van der Waals surface area (Å²) in [6.07, 6.45) is 1.43. The molecular formula is C22H28F6N2O6. The van der Waals surface area contributed by atoms with Crippen LogP contribution in [0.15, 0.2) is 24.5 Å². The van der Waals surface area contributed by atoms with Crippen LogP contribution in [0.3, 0.4) is 0 Å². The molecule has 204 valence electrons. The van der Waals surface area contributed by atoms with Crippen LogP contribution >= 0.6 is 0 Å². The summed E-state index contributed by atoms with van der Waals surface area (Å²) in [6.45, 7) is 3.80. The van der Waals surface area contributed by atoms with Crippen molar-refractivity contribution in [1.82, 2.24) is 9.88 Å². The first kappa shape index (κ1) is 29.8. The van der Waals surface area contributed by atoms with Gasteiger partial charge in [-0.2, -0.15) is 26.3 Å². The second-order valence-corrected chi connectivity index (χ2v) is 8.75. The number of piperidine rings is 1. The van der Waals surface area contributed by atoms with Crippen LogP contribution in [0.25, 0.3) is 0 Å². The predicted molar refractivity (Wildman–Crippen MR) is 112 cm³/mol. The van der Waals surface area contributed by atoms with Crippen molar-refractivity contribution in [2.75, 3.05) is 19.7 Å². The van der Waals surface area contributed by atoms with Gasteiger partial charge < -0.3 is 19.7 Å². The van der Waals surface area contributed by atoms with E-state index in [0.29, 0.717) is 6.61 Å². The van der Waals surface area contributed by atoms with E-state index in [4.69, 9.17) is 29.3 Å². The Bertz CT molecular complexity index is 826. The van der Waals surface area contributed by atoms with Crippen LogP contribution in [-0.4, -0.2) is 81.8 Å². The second kappa shape index (κ2) is 12.7. The molecule has 1 saturated carbocycles. The fourth-order valence-corrected chi connectivity index (χ4v) is 4.08. The van der Waals surface area contributed by atoms with E-state index in [1.807, 2.05) is 24.5 Å². The molecule has 3 aliphatic rings. The third-order valence-electron chi connectivity index (χ3n) is 6.06. The van der Waals surface area contributed by atoms with Crippen LogP contribution < -0.4 is 0 Å². The zero-order chi connectivity index (χ0) is 27.0. The van der Waals surface area contributed by atoms with Gasteiger partial charge in [0.2, 0.25) is 0 Å². The molecule has 0 aromatic carbocycles. The van der Waals surface area contributed by atoms with Crippen molar-refractivity contribution in [3.8, 4) is 0 Å². The first-order chi connectivity index (χ1) is 16.7. The fraction of sp³-hybridized carbons (Fsp3) is 0.682. The maximum absolute atomic E-state index is 10.6. The number of aromatic nitrogens is 1. The molecule has 36 heavy (non-hydrogen) atoms. The topological polar surface area (TPSA) is 109 Å². The van der Waals surface area contributed by atoms with Crippen molar-refractivity contribution in [2.45, 2.75) is 75.2 Å². The van der Waals surface area contributed by atoms with E-state index in [1.165, 1.54) is 44.2 Å². The number of likely N-dealkylation sites (tertiary alicyclic amines) is 1. The molecule has 4 rings (SSSR count). The fourth-order valence-electron chi connectivity index (χ4n) is 4.08. The van der Waals surface area contributed by atoms with Crippen LogP contribution in [0.1, 0.15) is 44.1 Å². The lowest BCUT2D eigenvalue weighted by Gasteiger charge is -2.46. The normalized spacial score (nSPS) is 24.7. The Hall–Kier alpha value is -2.45. The maximum atomic E-state index is 10.6. The first-order valence-corrected chi connectivity index (χ1v) is 11.2. The third kappa shape index (κ3) is 9.54. The number of rotatable bonds is 4. The highest BCUT2D eigenvalue weighted by molar-refractivity contribution is 5.73. The Morgan fingerprint density at radius 3 is 2.08 bits per heavy atom. The summed E-state index contributed by atoms with van der Waals surface area (Å²) in [5.74, 6) is -5.51. The van der Waals surface area contributed by atoms with Crippen molar-refractivity contribution in [2.24, 2.45) is 0 Å². The van der Waals surface area contributed by atoms with Gasteiger partial charge in [0.1, 0.15) is 0 Å². The summed E-state index contributed by atoms with van der Waals surface area (Å²) in [7, 11) is 0. The number of carbonyl (C=O) groups is 2. The highest BCUT2D eigenvalue weighted by Gasteiger charge is 2.45. The molecule has 1 aromatic heterocycles. The van der Waals surface area contributed by atoms with Gasteiger partial charge >= 0.3 is 24.3 Å². The van der Waals surface area contributed by atoms with E-state index in [2.05, 4.69) is 9.88 Å². The molecule has 1 aliphatic carbocycles. The molecule has 1 spiro atoms. The minimum absolute atomic E-state index is 0.0662. The van der Waals surface area contributed by atoms with Gasteiger partial charge in [0.25, 0.3) is 0 Å². The Kier molecular flexibility index (Phi) is 10.5. The molecule has 3 heterocycles.